The van der Waals surface area contributed by atoms with Crippen molar-refractivity contribution in [1.82, 2.24) is 19.7 Å². The Hall–Kier alpha value is -3.71. The summed E-state index contributed by atoms with van der Waals surface area (Å²) >= 11 is 6.02. The number of nitrogens with one attached hydrogen (secondary N) is 1. The lowest BCUT2D eigenvalue weighted by Crippen LogP contribution is -2.13. The van der Waals surface area contributed by atoms with Gasteiger partial charge in [0.25, 0.3) is 0 Å². The molecule has 0 saturated heterocycles. The zero-order valence-electron chi connectivity index (χ0n) is 19.6. The molecule has 4 heterocycles. The van der Waals surface area contributed by atoms with Crippen molar-refractivity contribution in [2.24, 2.45) is 7.05 Å². The van der Waals surface area contributed by atoms with Gasteiger partial charge in [-0.15, -0.1) is 0 Å². The highest BCUT2D eigenvalue weighted by molar-refractivity contribution is 6.29. The molecule has 0 amide bonds. The van der Waals surface area contributed by atoms with Crippen LogP contribution in [-0.2, 0) is 7.05 Å². The summed E-state index contributed by atoms with van der Waals surface area (Å²) in [5, 5.41) is 8.75. The van der Waals surface area contributed by atoms with E-state index in [1.54, 1.807) is 30.1 Å². The first-order valence-electron chi connectivity index (χ1n) is 11.0. The summed E-state index contributed by atoms with van der Waals surface area (Å²) in [4.78, 5) is 22.3. The lowest BCUT2D eigenvalue weighted by atomic mass is 9.99. The lowest BCUT2D eigenvalue weighted by Gasteiger charge is -2.19. The molecule has 0 fully saturated rings. The number of fused-ring (bicyclic) bond motifs is 2. The van der Waals surface area contributed by atoms with E-state index < -0.39 is 0 Å². The number of hydrogen-bond acceptors (Lipinski definition) is 6. The molecular formula is C26H24ClN5O2. The molecule has 172 valence electrons. The standard InChI is InChI=1S/C26H24ClN5O2/c1-13-8-18(15(3)30-20-6-7-23(27)31-16(20)4)26-19(9-13)24(33)14(2)25(34-26)17-10-22-21(28-11-17)12-29-32(22)5/h6-12,15,30H,1-5H3. The first-order valence-corrected chi connectivity index (χ1v) is 11.4. The van der Waals surface area contributed by atoms with Gasteiger partial charge in [0.2, 0.25) is 0 Å². The van der Waals surface area contributed by atoms with E-state index in [9.17, 15) is 4.79 Å². The highest BCUT2D eigenvalue weighted by Gasteiger charge is 2.20. The topological polar surface area (TPSA) is 85.8 Å². The van der Waals surface area contributed by atoms with Crippen LogP contribution >= 0.6 is 11.6 Å². The Bertz CT molecular complexity index is 1640. The number of nitrogens with zero attached hydrogens (tertiary/aromatic N) is 4. The second kappa shape index (κ2) is 8.25. The maximum absolute atomic E-state index is 13.4. The van der Waals surface area contributed by atoms with Crippen molar-refractivity contribution >= 4 is 39.3 Å². The van der Waals surface area contributed by atoms with Crippen LogP contribution in [0.3, 0.4) is 0 Å². The fourth-order valence-electron chi connectivity index (χ4n) is 4.31. The molecule has 1 aromatic carbocycles. The number of rotatable bonds is 4. The fraction of sp³-hybridized carbons (Fsp3) is 0.231. The van der Waals surface area contributed by atoms with E-state index in [-0.39, 0.29) is 11.5 Å². The Labute approximate surface area is 201 Å². The van der Waals surface area contributed by atoms with Gasteiger partial charge >= 0.3 is 0 Å². The first kappa shape index (κ1) is 22.1. The third kappa shape index (κ3) is 3.72. The van der Waals surface area contributed by atoms with Crippen LogP contribution in [0.1, 0.15) is 35.3 Å². The average molecular weight is 474 g/mol. The number of aromatic nitrogens is 4. The smallest absolute Gasteiger partial charge is 0.196 e. The van der Waals surface area contributed by atoms with Crippen molar-refractivity contribution in [3.63, 3.8) is 0 Å². The SMILES string of the molecule is Cc1cc(C(C)Nc2ccc(Cl)nc2C)c2oc(-c3cnc4cnn(C)c4c3)c(C)c(=O)c2c1. The fourth-order valence-corrected chi connectivity index (χ4v) is 4.50. The number of pyridine rings is 2. The molecule has 5 rings (SSSR count). The molecule has 34 heavy (non-hydrogen) atoms. The maximum atomic E-state index is 13.4. The Morgan fingerprint density at radius 1 is 1.12 bits per heavy atom. The third-order valence-corrected chi connectivity index (χ3v) is 6.35. The van der Waals surface area contributed by atoms with Gasteiger partial charge in [-0.25, -0.2) is 4.98 Å². The second-order valence-corrected chi connectivity index (χ2v) is 9.03. The number of hydrogen-bond donors (Lipinski definition) is 1. The molecule has 0 aliphatic heterocycles. The van der Waals surface area contributed by atoms with E-state index in [1.807, 2.05) is 52.1 Å². The van der Waals surface area contributed by atoms with Crippen LogP contribution in [0.15, 0.2) is 51.9 Å². The van der Waals surface area contributed by atoms with Crippen molar-refractivity contribution in [3.8, 4) is 11.3 Å². The summed E-state index contributed by atoms with van der Waals surface area (Å²) in [6.45, 7) is 7.71. The minimum Gasteiger partial charge on any atom is -0.455 e. The van der Waals surface area contributed by atoms with Gasteiger partial charge in [-0.3, -0.25) is 14.5 Å². The molecule has 0 aliphatic rings. The van der Waals surface area contributed by atoms with Gasteiger partial charge in [-0.2, -0.15) is 5.10 Å². The summed E-state index contributed by atoms with van der Waals surface area (Å²) in [5.74, 6) is 0.509. The average Bonchev–Trinajstić information content (AvgIpc) is 3.18. The lowest BCUT2D eigenvalue weighted by molar-refractivity contribution is 0.605. The highest BCUT2D eigenvalue weighted by Crippen LogP contribution is 2.33. The molecule has 4 aromatic heterocycles. The summed E-state index contributed by atoms with van der Waals surface area (Å²) in [5.41, 5.74) is 6.97. The molecule has 1 atom stereocenters. The zero-order valence-corrected chi connectivity index (χ0v) is 20.4. The van der Waals surface area contributed by atoms with Gasteiger partial charge in [-0.1, -0.05) is 17.7 Å². The third-order valence-electron chi connectivity index (χ3n) is 6.14. The minimum atomic E-state index is -0.152. The Morgan fingerprint density at radius 2 is 1.91 bits per heavy atom. The van der Waals surface area contributed by atoms with Crippen LogP contribution in [0.5, 0.6) is 0 Å². The second-order valence-electron chi connectivity index (χ2n) is 8.65. The number of aryl methyl sites for hydroxylation is 3. The summed E-state index contributed by atoms with van der Waals surface area (Å²) in [7, 11) is 1.86. The molecule has 8 heteroatoms. The van der Waals surface area contributed by atoms with Crippen LogP contribution in [0.25, 0.3) is 33.3 Å². The molecule has 5 aromatic rings. The van der Waals surface area contributed by atoms with Gasteiger partial charge in [0.15, 0.2) is 5.43 Å². The maximum Gasteiger partial charge on any atom is 0.196 e. The summed E-state index contributed by atoms with van der Waals surface area (Å²) < 4.78 is 8.23. The molecule has 0 saturated carbocycles. The van der Waals surface area contributed by atoms with Crippen LogP contribution in [0, 0.1) is 20.8 Å². The van der Waals surface area contributed by atoms with Gasteiger partial charge < -0.3 is 9.73 Å². The van der Waals surface area contributed by atoms with Crippen LogP contribution < -0.4 is 10.7 Å². The molecule has 0 spiro atoms. The van der Waals surface area contributed by atoms with E-state index in [2.05, 4.69) is 20.4 Å². The molecular weight excluding hydrogens is 450 g/mol. The largest absolute Gasteiger partial charge is 0.455 e. The first-order chi connectivity index (χ1) is 16.2. The Kier molecular flexibility index (Phi) is 5.37. The molecule has 0 bridgehead atoms. The number of anilines is 1. The molecule has 1 N–H and O–H groups in total. The van der Waals surface area contributed by atoms with Gasteiger partial charge in [0, 0.05) is 29.9 Å². The molecule has 0 radical (unpaired) electrons. The highest BCUT2D eigenvalue weighted by atomic mass is 35.5. The van der Waals surface area contributed by atoms with Crippen molar-refractivity contribution in [3.05, 3.63) is 80.5 Å². The Balaban J connectivity index is 1.68. The van der Waals surface area contributed by atoms with Crippen molar-refractivity contribution in [1.29, 1.82) is 0 Å². The van der Waals surface area contributed by atoms with Crippen molar-refractivity contribution in [2.75, 3.05) is 5.32 Å². The zero-order chi connectivity index (χ0) is 24.1. The van der Waals surface area contributed by atoms with Crippen LogP contribution in [0.4, 0.5) is 5.69 Å². The van der Waals surface area contributed by atoms with Gasteiger partial charge in [0.05, 0.1) is 34.5 Å². The minimum absolute atomic E-state index is 0.0529. The molecule has 7 nitrogen and oxygen atoms in total. The van der Waals surface area contributed by atoms with Gasteiger partial charge in [0.1, 0.15) is 22.0 Å². The van der Waals surface area contributed by atoms with Crippen LogP contribution in [0.2, 0.25) is 5.15 Å². The molecule has 1 unspecified atom stereocenters. The normalized spacial score (nSPS) is 12.4. The van der Waals surface area contributed by atoms with Crippen molar-refractivity contribution in [2.45, 2.75) is 33.7 Å². The molecule has 0 aliphatic carbocycles. The summed E-state index contributed by atoms with van der Waals surface area (Å²) in [6.07, 6.45) is 3.43. The predicted molar refractivity (Wildman–Crippen MR) is 135 cm³/mol. The van der Waals surface area contributed by atoms with Crippen LogP contribution in [-0.4, -0.2) is 19.7 Å². The van der Waals surface area contributed by atoms with E-state index >= 15 is 0 Å². The van der Waals surface area contributed by atoms with E-state index in [0.717, 1.165) is 39.1 Å². The van der Waals surface area contributed by atoms with E-state index in [1.165, 1.54) is 0 Å². The number of benzene rings is 1. The Morgan fingerprint density at radius 3 is 2.68 bits per heavy atom. The number of halogens is 1. The van der Waals surface area contributed by atoms with E-state index in [4.69, 9.17) is 16.0 Å². The quantitative estimate of drug-likeness (QED) is 0.327. The predicted octanol–water partition coefficient (Wildman–Crippen LogP) is 5.89. The van der Waals surface area contributed by atoms with E-state index in [0.29, 0.717) is 27.4 Å². The summed E-state index contributed by atoms with van der Waals surface area (Å²) in [6, 6.07) is 9.38. The van der Waals surface area contributed by atoms with Crippen molar-refractivity contribution < 1.29 is 4.42 Å². The monoisotopic (exact) mass is 473 g/mol. The van der Waals surface area contributed by atoms with Gasteiger partial charge in [-0.05, 0) is 57.5 Å².